The van der Waals surface area contributed by atoms with Gasteiger partial charge in [-0.3, -0.25) is 10.1 Å². The van der Waals surface area contributed by atoms with Crippen LogP contribution in [0.4, 0.5) is 4.79 Å². The zero-order chi connectivity index (χ0) is 19.4. The number of carbonyl (C=O) groups excluding carboxylic acids is 2. The van der Waals surface area contributed by atoms with Crippen LogP contribution in [0, 0.1) is 20.8 Å². The molecule has 0 aliphatic heterocycles. The van der Waals surface area contributed by atoms with Gasteiger partial charge in [-0.05, 0) is 31.9 Å². The summed E-state index contributed by atoms with van der Waals surface area (Å²) in [6.07, 6.45) is 0. The minimum atomic E-state index is -0.504. The van der Waals surface area contributed by atoms with Crippen molar-refractivity contribution in [3.05, 3.63) is 52.2 Å². The zero-order valence-corrected chi connectivity index (χ0v) is 17.0. The number of urea groups is 1. The number of aromatic nitrogens is 2. The number of amides is 3. The Balaban J connectivity index is 1.58. The maximum absolute atomic E-state index is 12.1. The van der Waals surface area contributed by atoms with Crippen LogP contribution in [0.25, 0.3) is 10.2 Å². The Hall–Kier alpha value is -2.45. The highest BCUT2D eigenvalue weighted by molar-refractivity contribution is 8.00. The van der Waals surface area contributed by atoms with Gasteiger partial charge in [0, 0.05) is 16.8 Å². The molecular formula is C19H20N4O2S2. The van der Waals surface area contributed by atoms with Crippen LogP contribution in [0.3, 0.4) is 0 Å². The molecular weight excluding hydrogens is 380 g/mol. The van der Waals surface area contributed by atoms with Crippen molar-refractivity contribution in [1.82, 2.24) is 20.6 Å². The third-order valence-corrected chi connectivity index (χ3v) is 6.07. The van der Waals surface area contributed by atoms with Crippen molar-refractivity contribution in [2.75, 3.05) is 5.75 Å². The molecule has 3 rings (SSSR count). The van der Waals surface area contributed by atoms with E-state index in [4.69, 9.17) is 0 Å². The van der Waals surface area contributed by atoms with E-state index in [1.807, 2.05) is 44.2 Å². The number of imide groups is 1. The molecule has 0 spiro atoms. The van der Waals surface area contributed by atoms with Crippen LogP contribution in [0.2, 0.25) is 0 Å². The van der Waals surface area contributed by atoms with Crippen LogP contribution >= 0.6 is 23.1 Å². The fraction of sp³-hybridized carbons (Fsp3) is 0.263. The molecule has 1 aromatic carbocycles. The number of nitrogens with zero attached hydrogens (tertiary/aromatic N) is 2. The van der Waals surface area contributed by atoms with Crippen molar-refractivity contribution in [1.29, 1.82) is 0 Å². The Labute approximate surface area is 165 Å². The Bertz CT molecular complexity index is 986. The van der Waals surface area contributed by atoms with Gasteiger partial charge in [-0.15, -0.1) is 11.3 Å². The molecule has 2 aromatic heterocycles. The van der Waals surface area contributed by atoms with Gasteiger partial charge in [-0.25, -0.2) is 14.8 Å². The quantitative estimate of drug-likeness (QED) is 0.504. The van der Waals surface area contributed by atoms with Gasteiger partial charge in [-0.2, -0.15) is 0 Å². The van der Waals surface area contributed by atoms with E-state index in [9.17, 15) is 9.59 Å². The lowest BCUT2D eigenvalue weighted by molar-refractivity contribution is -0.117. The fourth-order valence-corrected chi connectivity index (χ4v) is 4.61. The second kappa shape index (κ2) is 8.49. The Kier molecular flexibility index (Phi) is 6.08. The first-order valence-electron chi connectivity index (χ1n) is 8.43. The predicted molar refractivity (Wildman–Crippen MR) is 109 cm³/mol. The van der Waals surface area contributed by atoms with Crippen LogP contribution in [0.15, 0.2) is 35.4 Å². The molecule has 2 heterocycles. The van der Waals surface area contributed by atoms with Crippen molar-refractivity contribution in [3.8, 4) is 0 Å². The summed E-state index contributed by atoms with van der Waals surface area (Å²) >= 11 is 2.95. The van der Waals surface area contributed by atoms with Gasteiger partial charge in [0.1, 0.15) is 15.7 Å². The maximum Gasteiger partial charge on any atom is 0.321 e. The predicted octanol–water partition coefficient (Wildman–Crippen LogP) is 3.73. The first-order chi connectivity index (χ1) is 12.9. The number of nitrogens with one attached hydrogen (secondary N) is 2. The molecule has 140 valence electrons. The largest absolute Gasteiger partial charge is 0.334 e. The number of carbonyl (C=O) groups is 2. The van der Waals surface area contributed by atoms with Crippen molar-refractivity contribution >= 4 is 45.3 Å². The van der Waals surface area contributed by atoms with Gasteiger partial charge in [0.15, 0.2) is 0 Å². The van der Waals surface area contributed by atoms with Gasteiger partial charge in [-0.1, -0.05) is 42.1 Å². The number of thioether (sulfide) groups is 1. The van der Waals surface area contributed by atoms with E-state index < -0.39 is 6.03 Å². The number of aryl methyl sites for hydroxylation is 3. The molecule has 3 aromatic rings. The molecule has 0 fully saturated rings. The number of thiophene rings is 1. The topological polar surface area (TPSA) is 84.0 Å². The first-order valence-corrected chi connectivity index (χ1v) is 10.2. The van der Waals surface area contributed by atoms with E-state index in [2.05, 4.69) is 27.5 Å². The molecule has 3 amide bonds. The molecule has 0 aliphatic rings. The summed E-state index contributed by atoms with van der Waals surface area (Å²) in [5, 5.41) is 6.80. The van der Waals surface area contributed by atoms with Crippen molar-refractivity contribution in [2.24, 2.45) is 0 Å². The summed E-state index contributed by atoms with van der Waals surface area (Å²) in [5.74, 6) is 0.422. The lowest BCUT2D eigenvalue weighted by Gasteiger charge is -2.07. The average molecular weight is 401 g/mol. The summed E-state index contributed by atoms with van der Waals surface area (Å²) in [5.41, 5.74) is 2.11. The molecule has 27 heavy (non-hydrogen) atoms. The van der Waals surface area contributed by atoms with Crippen molar-refractivity contribution in [3.63, 3.8) is 0 Å². The minimum Gasteiger partial charge on any atom is -0.334 e. The van der Waals surface area contributed by atoms with Crippen molar-refractivity contribution in [2.45, 2.75) is 32.3 Å². The van der Waals surface area contributed by atoms with Gasteiger partial charge < -0.3 is 5.32 Å². The summed E-state index contributed by atoms with van der Waals surface area (Å²) < 4.78 is 0. The molecule has 0 bridgehead atoms. The average Bonchev–Trinajstić information content (AvgIpc) is 2.92. The van der Waals surface area contributed by atoms with E-state index in [1.54, 1.807) is 11.3 Å². The van der Waals surface area contributed by atoms with Gasteiger partial charge >= 0.3 is 6.03 Å². The summed E-state index contributed by atoms with van der Waals surface area (Å²) in [6, 6.07) is 9.02. The van der Waals surface area contributed by atoms with Gasteiger partial charge in [0.25, 0.3) is 0 Å². The van der Waals surface area contributed by atoms with Crippen molar-refractivity contribution < 1.29 is 9.59 Å². The maximum atomic E-state index is 12.1. The highest BCUT2D eigenvalue weighted by atomic mass is 32.2. The summed E-state index contributed by atoms with van der Waals surface area (Å²) in [4.78, 5) is 35.1. The lowest BCUT2D eigenvalue weighted by atomic mass is 10.2. The van der Waals surface area contributed by atoms with E-state index in [0.29, 0.717) is 12.4 Å². The van der Waals surface area contributed by atoms with E-state index >= 15 is 0 Å². The van der Waals surface area contributed by atoms with Crippen LogP contribution < -0.4 is 10.6 Å². The Morgan fingerprint density at radius 3 is 2.59 bits per heavy atom. The smallest absolute Gasteiger partial charge is 0.321 e. The number of benzene rings is 1. The molecule has 0 saturated heterocycles. The minimum absolute atomic E-state index is 0.110. The molecule has 0 radical (unpaired) electrons. The Morgan fingerprint density at radius 2 is 1.85 bits per heavy atom. The highest BCUT2D eigenvalue weighted by Crippen LogP contribution is 2.34. The normalized spacial score (nSPS) is 10.8. The number of hydrogen-bond acceptors (Lipinski definition) is 6. The number of fused-ring (bicyclic) bond motifs is 1. The molecule has 0 aliphatic carbocycles. The van der Waals surface area contributed by atoms with Crippen LogP contribution in [-0.4, -0.2) is 27.7 Å². The molecule has 6 nitrogen and oxygen atoms in total. The van der Waals surface area contributed by atoms with Gasteiger partial charge in [0.2, 0.25) is 5.91 Å². The monoisotopic (exact) mass is 400 g/mol. The zero-order valence-electron chi connectivity index (χ0n) is 15.3. The highest BCUT2D eigenvalue weighted by Gasteiger charge is 2.16. The van der Waals surface area contributed by atoms with Gasteiger partial charge in [0.05, 0.1) is 5.75 Å². The van der Waals surface area contributed by atoms with E-state index in [1.165, 1.54) is 16.6 Å². The third-order valence-electron chi connectivity index (χ3n) is 4.00. The molecule has 2 N–H and O–H groups in total. The van der Waals surface area contributed by atoms with Crippen LogP contribution in [0.1, 0.15) is 21.8 Å². The van der Waals surface area contributed by atoms with Crippen LogP contribution in [-0.2, 0) is 11.3 Å². The number of hydrogen-bond donors (Lipinski definition) is 2. The summed E-state index contributed by atoms with van der Waals surface area (Å²) in [7, 11) is 0. The Morgan fingerprint density at radius 1 is 1.11 bits per heavy atom. The third kappa shape index (κ3) is 4.84. The molecule has 0 atom stereocenters. The standard InChI is InChI=1S/C19H20N4O2S2/c1-11-12(2)27-18-16(11)17(21-13(3)22-18)26-10-15(24)23-19(25)20-9-14-7-5-4-6-8-14/h4-8H,9-10H2,1-3H3,(H2,20,23,24,25). The SMILES string of the molecule is Cc1nc(SCC(=O)NC(=O)NCc2ccccc2)c2c(C)c(C)sc2n1. The number of rotatable bonds is 5. The lowest BCUT2D eigenvalue weighted by Crippen LogP contribution is -2.39. The first kappa shape index (κ1) is 19.3. The second-order valence-electron chi connectivity index (χ2n) is 6.04. The summed E-state index contributed by atoms with van der Waals surface area (Å²) in [6.45, 7) is 6.29. The molecule has 0 unspecified atom stereocenters. The van der Waals surface area contributed by atoms with E-state index in [0.717, 1.165) is 26.4 Å². The molecule has 8 heteroatoms. The second-order valence-corrected chi connectivity index (χ2v) is 8.21. The van der Waals surface area contributed by atoms with E-state index in [-0.39, 0.29) is 11.7 Å². The van der Waals surface area contributed by atoms with Crippen LogP contribution in [0.5, 0.6) is 0 Å². The molecule has 0 saturated carbocycles. The fourth-order valence-electron chi connectivity index (χ4n) is 2.54.